The molecule has 1 aliphatic rings. The van der Waals surface area contributed by atoms with Gasteiger partial charge in [-0.1, -0.05) is 6.07 Å². The Morgan fingerprint density at radius 2 is 1.63 bits per heavy atom. The van der Waals surface area contributed by atoms with E-state index >= 15 is 0 Å². The number of rotatable bonds is 5. The van der Waals surface area contributed by atoms with Gasteiger partial charge >= 0.3 is 5.63 Å². The average Bonchev–Trinajstić information content (AvgIpc) is 3.19. The summed E-state index contributed by atoms with van der Waals surface area (Å²) in [6.45, 7) is 0.576. The minimum atomic E-state index is -4.01. The number of nitrogens with zero attached hydrogens (tertiary/aromatic N) is 1. The summed E-state index contributed by atoms with van der Waals surface area (Å²) in [6, 6.07) is 12.2. The van der Waals surface area contributed by atoms with Crippen LogP contribution in [0, 0.1) is 0 Å². The Morgan fingerprint density at radius 1 is 0.867 bits per heavy atom. The highest BCUT2D eigenvalue weighted by atomic mass is 32.2. The second-order valence-corrected chi connectivity index (χ2v) is 9.99. The zero-order valence-corrected chi connectivity index (χ0v) is 17.2. The highest BCUT2D eigenvalue weighted by Gasteiger charge is 2.20. The van der Waals surface area contributed by atoms with Crippen LogP contribution in [-0.2, 0) is 20.0 Å². The van der Waals surface area contributed by atoms with Crippen LogP contribution < -0.4 is 15.1 Å². The maximum atomic E-state index is 12.8. The molecule has 0 fully saturated rings. The van der Waals surface area contributed by atoms with Crippen molar-refractivity contribution in [2.75, 3.05) is 11.3 Å². The van der Waals surface area contributed by atoms with Gasteiger partial charge in [0.2, 0.25) is 0 Å². The van der Waals surface area contributed by atoms with E-state index in [1.165, 1.54) is 54.6 Å². The Labute approximate surface area is 172 Å². The van der Waals surface area contributed by atoms with E-state index in [-0.39, 0.29) is 21.1 Å². The van der Waals surface area contributed by atoms with E-state index < -0.39 is 25.7 Å². The Balaban J connectivity index is 1.61. The molecule has 156 valence electrons. The monoisotopic (exact) mass is 447 g/mol. The molecule has 2 aromatic carbocycles. The molecule has 0 saturated carbocycles. The third-order valence-electron chi connectivity index (χ3n) is 4.42. The summed E-state index contributed by atoms with van der Waals surface area (Å²) in [5, 5.41) is 0.440. The molecule has 2 heterocycles. The Bertz CT molecular complexity index is 1430. The molecule has 2 N–H and O–H groups in total. The van der Waals surface area contributed by atoms with Gasteiger partial charge in [-0.2, -0.15) is 0 Å². The van der Waals surface area contributed by atoms with Gasteiger partial charge in [-0.15, -0.1) is 0 Å². The van der Waals surface area contributed by atoms with E-state index in [1.807, 2.05) is 0 Å². The van der Waals surface area contributed by atoms with Crippen LogP contribution in [0.2, 0.25) is 0 Å². The Hall–Kier alpha value is -3.18. The molecule has 0 saturated heterocycles. The van der Waals surface area contributed by atoms with Crippen LogP contribution in [0.4, 0.5) is 5.69 Å². The lowest BCUT2D eigenvalue weighted by Crippen LogP contribution is -2.29. The number of hydrogen-bond donors (Lipinski definition) is 2. The van der Waals surface area contributed by atoms with E-state index in [9.17, 15) is 21.6 Å². The summed E-state index contributed by atoms with van der Waals surface area (Å²) < 4.78 is 60.4. The first kappa shape index (κ1) is 20.1. The van der Waals surface area contributed by atoms with E-state index in [0.717, 1.165) is 6.42 Å². The number of benzene rings is 2. The number of hydrogen-bond acceptors (Lipinski definition) is 7. The van der Waals surface area contributed by atoms with Gasteiger partial charge in [0.25, 0.3) is 20.0 Å². The summed E-state index contributed by atoms with van der Waals surface area (Å²) in [4.78, 5) is 15.2. The number of sulfonamides is 2. The maximum Gasteiger partial charge on any atom is 0.336 e. The highest BCUT2D eigenvalue weighted by Crippen LogP contribution is 2.22. The zero-order chi connectivity index (χ0) is 21.4. The summed E-state index contributed by atoms with van der Waals surface area (Å²) in [6.07, 6.45) is 1.33. The lowest BCUT2D eigenvalue weighted by atomic mass is 10.2. The van der Waals surface area contributed by atoms with Gasteiger partial charge in [-0.25, -0.2) is 21.6 Å². The lowest BCUT2D eigenvalue weighted by Gasteiger charge is -2.11. The van der Waals surface area contributed by atoms with Crippen molar-refractivity contribution in [1.82, 2.24) is 4.72 Å². The van der Waals surface area contributed by atoms with Gasteiger partial charge in [-0.05, 0) is 48.9 Å². The van der Waals surface area contributed by atoms with Crippen molar-refractivity contribution < 1.29 is 21.3 Å². The van der Waals surface area contributed by atoms with Crippen LogP contribution in [0.1, 0.15) is 12.8 Å². The van der Waals surface area contributed by atoms with Crippen LogP contribution in [-0.4, -0.2) is 29.2 Å². The van der Waals surface area contributed by atoms with Crippen LogP contribution in [0.25, 0.3) is 11.0 Å². The molecular weight excluding hydrogens is 430 g/mol. The number of fused-ring (bicyclic) bond motifs is 1. The molecule has 9 nitrogen and oxygen atoms in total. The molecule has 11 heteroatoms. The molecule has 0 spiro atoms. The van der Waals surface area contributed by atoms with Gasteiger partial charge < -0.3 is 4.42 Å². The molecule has 4 rings (SSSR count). The third-order valence-corrected chi connectivity index (χ3v) is 7.18. The van der Waals surface area contributed by atoms with E-state index in [1.54, 1.807) is 0 Å². The largest absolute Gasteiger partial charge is 0.423 e. The maximum absolute atomic E-state index is 12.8. The quantitative estimate of drug-likeness (QED) is 0.575. The molecule has 0 amide bonds. The van der Waals surface area contributed by atoms with Gasteiger partial charge in [0.15, 0.2) is 0 Å². The number of anilines is 1. The first-order valence-electron chi connectivity index (χ1n) is 8.96. The number of nitrogens with one attached hydrogen (secondary N) is 2. The van der Waals surface area contributed by atoms with Gasteiger partial charge in [-0.3, -0.25) is 14.4 Å². The third kappa shape index (κ3) is 4.21. The molecule has 0 aliphatic carbocycles. The first-order valence-corrected chi connectivity index (χ1v) is 11.9. The smallest absolute Gasteiger partial charge is 0.336 e. The molecule has 3 aromatic rings. The molecular formula is C19H17N3O6S2. The van der Waals surface area contributed by atoms with Crippen molar-refractivity contribution in [3.05, 3.63) is 65.0 Å². The molecule has 1 aromatic heterocycles. The fourth-order valence-electron chi connectivity index (χ4n) is 2.99. The van der Waals surface area contributed by atoms with Gasteiger partial charge in [0.05, 0.1) is 15.5 Å². The van der Waals surface area contributed by atoms with Crippen molar-refractivity contribution in [2.45, 2.75) is 22.6 Å². The summed E-state index contributed by atoms with van der Waals surface area (Å²) in [5.41, 5.74) is -0.187. The van der Waals surface area contributed by atoms with Crippen molar-refractivity contribution >= 4 is 42.5 Å². The minimum absolute atomic E-state index is 0.0597. The lowest BCUT2D eigenvalue weighted by molar-refractivity contribution is 0.560. The SMILES string of the molecule is O=c1ccc2cc(S(=O)(=O)Nc3cccc(S(=O)(=O)NC4=NCCC4)c3)ccc2o1. The number of amidine groups is 1. The summed E-state index contributed by atoms with van der Waals surface area (Å²) >= 11 is 0. The molecule has 0 unspecified atom stereocenters. The van der Waals surface area contributed by atoms with E-state index in [2.05, 4.69) is 14.4 Å². The van der Waals surface area contributed by atoms with Crippen LogP contribution in [0.15, 0.2) is 78.6 Å². The second kappa shape index (κ2) is 7.58. The fourth-order valence-corrected chi connectivity index (χ4v) is 5.21. The average molecular weight is 447 g/mol. The van der Waals surface area contributed by atoms with Crippen molar-refractivity contribution in [3.63, 3.8) is 0 Å². The predicted molar refractivity (Wildman–Crippen MR) is 112 cm³/mol. The molecule has 0 atom stereocenters. The summed E-state index contributed by atoms with van der Waals surface area (Å²) in [5.74, 6) is 0.392. The minimum Gasteiger partial charge on any atom is -0.423 e. The summed E-state index contributed by atoms with van der Waals surface area (Å²) in [7, 11) is -7.89. The fraction of sp³-hybridized carbons (Fsp3) is 0.158. The Morgan fingerprint density at radius 3 is 2.40 bits per heavy atom. The normalized spacial score (nSPS) is 14.5. The van der Waals surface area contributed by atoms with Crippen LogP contribution in [0.3, 0.4) is 0 Å². The molecule has 0 radical (unpaired) electrons. The van der Waals surface area contributed by atoms with Crippen molar-refractivity contribution in [3.8, 4) is 0 Å². The van der Waals surface area contributed by atoms with Gasteiger partial charge in [0, 0.05) is 24.4 Å². The topological polar surface area (TPSA) is 135 Å². The Kier molecular flexibility index (Phi) is 5.08. The van der Waals surface area contributed by atoms with Crippen molar-refractivity contribution in [2.24, 2.45) is 4.99 Å². The zero-order valence-electron chi connectivity index (χ0n) is 15.5. The van der Waals surface area contributed by atoms with Gasteiger partial charge in [0.1, 0.15) is 11.4 Å². The van der Waals surface area contributed by atoms with Crippen molar-refractivity contribution in [1.29, 1.82) is 0 Å². The first-order chi connectivity index (χ1) is 14.2. The predicted octanol–water partition coefficient (Wildman–Crippen LogP) is 2.06. The second-order valence-electron chi connectivity index (χ2n) is 6.62. The molecule has 0 bridgehead atoms. The van der Waals surface area contributed by atoms with E-state index in [0.29, 0.717) is 24.2 Å². The standard InChI is InChI=1S/C19H17N3O6S2/c23-19-9-6-13-11-16(7-8-17(13)28-19)29(24,25)21-14-3-1-4-15(12-14)30(26,27)22-18-5-2-10-20-18/h1,3-4,6-9,11-12,21H,2,5,10H2,(H,20,22). The number of aliphatic imine (C=N–C) groups is 1. The highest BCUT2D eigenvalue weighted by molar-refractivity contribution is 7.92. The van der Waals surface area contributed by atoms with Crippen LogP contribution >= 0.6 is 0 Å². The molecule has 1 aliphatic heterocycles. The van der Waals surface area contributed by atoms with Crippen LogP contribution in [0.5, 0.6) is 0 Å². The van der Waals surface area contributed by atoms with E-state index in [4.69, 9.17) is 4.42 Å². The molecule has 30 heavy (non-hydrogen) atoms.